The van der Waals surface area contributed by atoms with Crippen molar-refractivity contribution in [3.63, 3.8) is 0 Å². The van der Waals surface area contributed by atoms with E-state index in [1.807, 2.05) is 24.3 Å². The molecule has 11 nitrogen and oxygen atoms in total. The highest BCUT2D eigenvalue weighted by Crippen LogP contribution is 2.30. The van der Waals surface area contributed by atoms with E-state index in [1.54, 1.807) is 49.6 Å². The van der Waals surface area contributed by atoms with E-state index in [-0.39, 0.29) is 10.8 Å². The summed E-state index contributed by atoms with van der Waals surface area (Å²) in [5, 5.41) is 8.59. The Labute approximate surface area is 288 Å². The molecule has 0 saturated carbocycles. The lowest BCUT2D eigenvalue weighted by atomic mass is 9.90. The molecule has 2 saturated heterocycles. The van der Waals surface area contributed by atoms with Crippen LogP contribution in [0.5, 0.6) is 23.0 Å². The molecule has 0 aromatic heterocycles. The minimum absolute atomic E-state index is 0.161. The second-order valence-electron chi connectivity index (χ2n) is 13.3. The summed E-state index contributed by atoms with van der Waals surface area (Å²) >= 11 is 0. The molecule has 0 aliphatic carbocycles. The topological polar surface area (TPSA) is 116 Å². The molecule has 264 valence electrons. The Morgan fingerprint density at radius 3 is 1.67 bits per heavy atom. The van der Waals surface area contributed by atoms with Crippen molar-refractivity contribution in [3.05, 3.63) is 72.3 Å². The Balaban J connectivity index is 0.983. The summed E-state index contributed by atoms with van der Waals surface area (Å²) in [5.74, 6) is 1.69. The third kappa shape index (κ3) is 11.5. The lowest BCUT2D eigenvalue weighted by Gasteiger charge is -2.37. The van der Waals surface area contributed by atoms with Crippen LogP contribution in [0.3, 0.4) is 0 Å². The molecule has 3 aromatic carbocycles. The molecule has 0 atom stereocenters. The number of methoxy groups -OCH3 is 1. The number of carbonyl (C=O) groups excluding carboxylic acids is 1. The molecule has 5 rings (SSSR count). The molecule has 2 fully saturated rings. The Kier molecular flexibility index (Phi) is 13.4. The van der Waals surface area contributed by atoms with Crippen molar-refractivity contribution < 1.29 is 42.7 Å². The number of hydrogen-bond acceptors (Lipinski definition) is 11. The van der Waals surface area contributed by atoms with Gasteiger partial charge in [0.25, 0.3) is 0 Å². The monoisotopic (exact) mass is 676 g/mol. The van der Waals surface area contributed by atoms with Gasteiger partial charge in [-0.25, -0.2) is 4.79 Å². The van der Waals surface area contributed by atoms with Crippen LogP contribution < -0.4 is 18.9 Å². The van der Waals surface area contributed by atoms with Gasteiger partial charge in [0.05, 0.1) is 76.9 Å². The van der Waals surface area contributed by atoms with Crippen molar-refractivity contribution in [2.75, 3.05) is 73.2 Å². The molecule has 2 aliphatic heterocycles. The number of carbonyl (C=O) groups is 1. The third-order valence-corrected chi connectivity index (χ3v) is 8.16. The normalized spacial score (nSPS) is 16.1. The molecule has 2 aliphatic rings. The van der Waals surface area contributed by atoms with Gasteiger partial charge in [-0.1, -0.05) is 13.8 Å². The van der Waals surface area contributed by atoms with Crippen molar-refractivity contribution in [1.82, 2.24) is 0 Å². The van der Waals surface area contributed by atoms with Gasteiger partial charge in [-0.15, -0.1) is 0 Å². The number of ether oxygens (including phenoxy) is 8. The first-order valence-corrected chi connectivity index (χ1v) is 16.9. The van der Waals surface area contributed by atoms with E-state index in [0.717, 1.165) is 77.7 Å². The van der Waals surface area contributed by atoms with Crippen LogP contribution in [0.15, 0.2) is 77.0 Å². The molecule has 0 radical (unpaired) electrons. The third-order valence-electron chi connectivity index (χ3n) is 8.16. The van der Waals surface area contributed by atoms with E-state index >= 15 is 0 Å². The standard InChI is InChI=1S/C38H48N2O9/c1-37(25-45-26-37)23-43-18-4-6-20-47-32-13-9-30(10-14-32)39-40-31-11-15-33(16-12-31)49-36(41)29-8-17-34(35(22-29)42-3)48-21-7-5-19-44-24-38(2)27-46-28-38/h8-17,22H,4-7,18-21,23-28H2,1-3H3/b40-39+. The maximum Gasteiger partial charge on any atom is 0.343 e. The van der Waals surface area contributed by atoms with Crippen molar-refractivity contribution >= 4 is 17.3 Å². The predicted molar refractivity (Wildman–Crippen MR) is 184 cm³/mol. The zero-order chi connectivity index (χ0) is 34.4. The summed E-state index contributed by atoms with van der Waals surface area (Å²) in [5.41, 5.74) is 2.02. The Morgan fingerprint density at radius 2 is 1.16 bits per heavy atom. The van der Waals surface area contributed by atoms with Gasteiger partial charge in [-0.3, -0.25) is 0 Å². The molecule has 0 spiro atoms. The summed E-state index contributed by atoms with van der Waals surface area (Å²) in [6.07, 6.45) is 3.60. The number of esters is 1. The predicted octanol–water partition coefficient (Wildman–Crippen LogP) is 7.75. The number of nitrogens with zero attached hydrogens (tertiary/aromatic N) is 2. The van der Waals surface area contributed by atoms with Gasteiger partial charge >= 0.3 is 5.97 Å². The van der Waals surface area contributed by atoms with Gasteiger partial charge in [0.15, 0.2) is 11.5 Å². The maximum absolute atomic E-state index is 12.8. The summed E-state index contributed by atoms with van der Waals surface area (Å²) in [4.78, 5) is 12.8. The minimum Gasteiger partial charge on any atom is -0.494 e. The SMILES string of the molecule is COc1cc(C(=O)Oc2ccc(/N=N/c3ccc(OCCCCOCC4(C)COC4)cc3)cc2)ccc1OCCCCOCC1(C)COC1. The molecular formula is C38H48N2O9. The zero-order valence-corrected chi connectivity index (χ0v) is 28.8. The van der Waals surface area contributed by atoms with Crippen molar-refractivity contribution in [1.29, 1.82) is 0 Å². The Bertz CT molecular complexity index is 1490. The molecule has 49 heavy (non-hydrogen) atoms. The van der Waals surface area contributed by atoms with Crippen LogP contribution in [0.1, 0.15) is 49.9 Å². The molecule has 0 amide bonds. The molecule has 0 bridgehead atoms. The fraction of sp³-hybridized carbons (Fsp3) is 0.500. The van der Waals surface area contributed by atoms with Crippen LogP contribution in [0, 0.1) is 10.8 Å². The van der Waals surface area contributed by atoms with Gasteiger partial charge in [-0.2, -0.15) is 10.2 Å². The van der Waals surface area contributed by atoms with Crippen LogP contribution in [-0.2, 0) is 18.9 Å². The largest absolute Gasteiger partial charge is 0.494 e. The number of azo groups is 1. The van der Waals surface area contributed by atoms with E-state index in [0.29, 0.717) is 54.0 Å². The summed E-state index contributed by atoms with van der Waals surface area (Å²) in [6, 6.07) is 19.3. The van der Waals surface area contributed by atoms with Crippen LogP contribution in [-0.4, -0.2) is 79.1 Å². The highest BCUT2D eigenvalue weighted by molar-refractivity contribution is 5.91. The summed E-state index contributed by atoms with van der Waals surface area (Å²) in [7, 11) is 1.54. The van der Waals surface area contributed by atoms with E-state index in [4.69, 9.17) is 37.9 Å². The van der Waals surface area contributed by atoms with Gasteiger partial charge in [0, 0.05) is 24.0 Å². The average molecular weight is 677 g/mol. The van der Waals surface area contributed by atoms with Crippen LogP contribution in [0.2, 0.25) is 0 Å². The first-order chi connectivity index (χ1) is 23.8. The van der Waals surface area contributed by atoms with E-state index in [2.05, 4.69) is 24.1 Å². The Hall–Kier alpha value is -4.03. The molecule has 0 unspecified atom stereocenters. The van der Waals surface area contributed by atoms with Gasteiger partial charge in [0.1, 0.15) is 11.5 Å². The lowest BCUT2D eigenvalue weighted by Crippen LogP contribution is -2.43. The first-order valence-electron chi connectivity index (χ1n) is 16.9. The Morgan fingerprint density at radius 1 is 0.653 bits per heavy atom. The summed E-state index contributed by atoms with van der Waals surface area (Å²) < 4.78 is 44.8. The number of rotatable bonds is 21. The number of benzene rings is 3. The smallest absolute Gasteiger partial charge is 0.343 e. The molecule has 0 N–H and O–H groups in total. The highest BCUT2D eigenvalue weighted by atomic mass is 16.5. The second-order valence-corrected chi connectivity index (χ2v) is 13.3. The van der Waals surface area contributed by atoms with Crippen LogP contribution >= 0.6 is 0 Å². The lowest BCUT2D eigenvalue weighted by molar-refractivity contribution is -0.138. The molecule has 3 aromatic rings. The van der Waals surface area contributed by atoms with E-state index < -0.39 is 5.97 Å². The quantitative estimate of drug-likeness (QED) is 0.0483. The van der Waals surface area contributed by atoms with Crippen molar-refractivity contribution in [2.24, 2.45) is 21.1 Å². The average Bonchev–Trinajstić information content (AvgIpc) is 3.09. The summed E-state index contributed by atoms with van der Waals surface area (Å²) in [6.45, 7) is 11.5. The minimum atomic E-state index is -0.508. The van der Waals surface area contributed by atoms with Crippen LogP contribution in [0.25, 0.3) is 0 Å². The second kappa shape index (κ2) is 18.1. The molecule has 2 heterocycles. The van der Waals surface area contributed by atoms with Crippen LogP contribution in [0.4, 0.5) is 11.4 Å². The molecular weight excluding hydrogens is 628 g/mol. The molecule has 11 heteroatoms. The fourth-order valence-electron chi connectivity index (χ4n) is 5.07. The maximum atomic E-state index is 12.8. The zero-order valence-electron chi connectivity index (χ0n) is 28.8. The van der Waals surface area contributed by atoms with Crippen molar-refractivity contribution in [3.8, 4) is 23.0 Å². The highest BCUT2D eigenvalue weighted by Gasteiger charge is 2.34. The van der Waals surface area contributed by atoms with E-state index in [1.165, 1.54) is 0 Å². The number of unbranched alkanes of at least 4 members (excludes halogenated alkanes) is 2. The van der Waals surface area contributed by atoms with E-state index in [9.17, 15) is 4.79 Å². The number of hydrogen-bond donors (Lipinski definition) is 0. The van der Waals surface area contributed by atoms with Gasteiger partial charge in [0.2, 0.25) is 0 Å². The van der Waals surface area contributed by atoms with Gasteiger partial charge in [-0.05, 0) is 92.4 Å². The first kappa shape index (κ1) is 36.3. The fourth-order valence-corrected chi connectivity index (χ4v) is 5.07. The van der Waals surface area contributed by atoms with Crippen molar-refractivity contribution in [2.45, 2.75) is 39.5 Å². The van der Waals surface area contributed by atoms with Gasteiger partial charge < -0.3 is 37.9 Å².